The summed E-state index contributed by atoms with van der Waals surface area (Å²) < 4.78 is 10.8. The topological polar surface area (TPSA) is 67.8 Å². The lowest BCUT2D eigenvalue weighted by molar-refractivity contribution is 0.143. The number of nitrogens with one attached hydrogen (secondary N) is 2. The molecule has 0 aromatic carbocycles. The van der Waals surface area contributed by atoms with E-state index in [1.165, 1.54) is 0 Å². The monoisotopic (exact) mass is 354 g/mol. The number of rotatable bonds is 10. The van der Waals surface area contributed by atoms with Gasteiger partial charge in [-0.15, -0.1) is 0 Å². The van der Waals surface area contributed by atoms with E-state index in [0.717, 1.165) is 24.6 Å². The van der Waals surface area contributed by atoms with Gasteiger partial charge in [0.2, 0.25) is 5.88 Å². The number of aliphatic imine (C=N–C) groups is 1. The summed E-state index contributed by atoms with van der Waals surface area (Å²) in [6.07, 6.45) is 3.84. The van der Waals surface area contributed by atoms with Gasteiger partial charge in [-0.2, -0.15) is 11.8 Å². The molecule has 1 aromatic heterocycles. The van der Waals surface area contributed by atoms with Crippen molar-refractivity contribution in [2.45, 2.75) is 32.1 Å². The molecule has 0 aliphatic rings. The van der Waals surface area contributed by atoms with Crippen molar-refractivity contribution < 1.29 is 9.47 Å². The number of hydrogen-bond acceptors (Lipinski definition) is 5. The molecule has 136 valence electrons. The summed E-state index contributed by atoms with van der Waals surface area (Å²) >= 11 is 1.83. The fourth-order valence-corrected chi connectivity index (χ4v) is 1.99. The number of nitrogens with zero attached hydrogens (tertiary/aromatic N) is 2. The largest absolute Gasteiger partial charge is 0.475 e. The fourth-order valence-electron chi connectivity index (χ4n) is 1.77. The predicted molar refractivity (Wildman–Crippen MR) is 102 cm³/mol. The van der Waals surface area contributed by atoms with Crippen LogP contribution in [0.5, 0.6) is 5.88 Å². The molecule has 0 fully saturated rings. The Labute approximate surface area is 149 Å². The first kappa shape index (κ1) is 20.6. The first-order valence-corrected chi connectivity index (χ1v) is 9.38. The molecule has 0 amide bonds. The second-order valence-corrected chi connectivity index (χ2v) is 7.33. The Hall–Kier alpha value is -1.47. The van der Waals surface area contributed by atoms with Crippen molar-refractivity contribution in [3.05, 3.63) is 23.9 Å². The zero-order chi connectivity index (χ0) is 17.8. The average Bonchev–Trinajstić information content (AvgIpc) is 2.58. The Bertz CT molecular complexity index is 509. The standard InChI is InChI=1S/C17H30N4O2S/c1-6-18-16(21-13-17(2,3)24-5)20-12-14-8-7-9-19-15(14)23-11-10-22-4/h7-9H,6,10-13H2,1-5H3,(H2,18,20,21). The molecule has 1 rings (SSSR count). The van der Waals surface area contributed by atoms with Gasteiger partial charge in [0.05, 0.1) is 13.2 Å². The number of hydrogen-bond donors (Lipinski definition) is 2. The maximum absolute atomic E-state index is 5.65. The Balaban J connectivity index is 2.71. The number of aromatic nitrogens is 1. The van der Waals surface area contributed by atoms with Crippen LogP contribution in [0.25, 0.3) is 0 Å². The molecule has 6 nitrogen and oxygen atoms in total. The average molecular weight is 355 g/mol. The van der Waals surface area contributed by atoms with Gasteiger partial charge in [0.1, 0.15) is 6.61 Å². The Morgan fingerprint density at radius 1 is 1.33 bits per heavy atom. The minimum atomic E-state index is 0.152. The number of pyridine rings is 1. The van der Waals surface area contributed by atoms with Crippen LogP contribution in [0, 0.1) is 0 Å². The number of thioether (sulfide) groups is 1. The van der Waals surface area contributed by atoms with E-state index in [2.05, 4.69) is 47.6 Å². The van der Waals surface area contributed by atoms with E-state index in [1.54, 1.807) is 13.3 Å². The molecule has 0 saturated carbocycles. The quantitative estimate of drug-likeness (QED) is 0.382. The summed E-state index contributed by atoms with van der Waals surface area (Å²) in [6, 6.07) is 3.87. The molecular weight excluding hydrogens is 324 g/mol. The highest BCUT2D eigenvalue weighted by Crippen LogP contribution is 2.19. The van der Waals surface area contributed by atoms with E-state index >= 15 is 0 Å². The molecule has 0 atom stereocenters. The Kier molecular flexibility index (Phi) is 9.56. The Morgan fingerprint density at radius 2 is 2.12 bits per heavy atom. The first-order chi connectivity index (χ1) is 11.5. The van der Waals surface area contributed by atoms with Crippen LogP contribution in [0.4, 0.5) is 0 Å². The van der Waals surface area contributed by atoms with Gasteiger partial charge in [-0.3, -0.25) is 0 Å². The molecule has 0 bridgehead atoms. The van der Waals surface area contributed by atoms with E-state index in [-0.39, 0.29) is 4.75 Å². The van der Waals surface area contributed by atoms with Crippen molar-refractivity contribution >= 4 is 17.7 Å². The van der Waals surface area contributed by atoms with E-state index in [1.807, 2.05) is 23.9 Å². The van der Waals surface area contributed by atoms with Gasteiger partial charge in [-0.1, -0.05) is 6.07 Å². The lowest BCUT2D eigenvalue weighted by Gasteiger charge is -2.23. The molecule has 0 unspecified atom stereocenters. The lowest BCUT2D eigenvalue weighted by Crippen LogP contribution is -2.43. The minimum Gasteiger partial charge on any atom is -0.475 e. The van der Waals surface area contributed by atoms with Gasteiger partial charge in [-0.05, 0) is 33.1 Å². The molecule has 0 saturated heterocycles. The molecule has 1 heterocycles. The molecule has 24 heavy (non-hydrogen) atoms. The SMILES string of the molecule is CCNC(=NCc1cccnc1OCCOC)NCC(C)(C)SC. The van der Waals surface area contributed by atoms with Crippen LogP contribution in [0.3, 0.4) is 0 Å². The van der Waals surface area contributed by atoms with Crippen molar-refractivity contribution in [1.29, 1.82) is 0 Å². The molecule has 0 aliphatic carbocycles. The number of ether oxygens (including phenoxy) is 2. The third-order valence-electron chi connectivity index (χ3n) is 3.36. The van der Waals surface area contributed by atoms with Gasteiger partial charge in [0.25, 0.3) is 0 Å². The highest BCUT2D eigenvalue weighted by Gasteiger charge is 2.16. The van der Waals surface area contributed by atoms with Gasteiger partial charge in [0, 0.05) is 36.7 Å². The smallest absolute Gasteiger partial charge is 0.218 e. The van der Waals surface area contributed by atoms with Gasteiger partial charge in [0.15, 0.2) is 5.96 Å². The Morgan fingerprint density at radius 3 is 2.79 bits per heavy atom. The lowest BCUT2D eigenvalue weighted by atomic mass is 10.2. The summed E-state index contributed by atoms with van der Waals surface area (Å²) in [7, 11) is 1.65. The van der Waals surface area contributed by atoms with E-state index in [0.29, 0.717) is 25.6 Å². The predicted octanol–water partition coefficient (Wildman–Crippen LogP) is 2.30. The first-order valence-electron chi connectivity index (χ1n) is 8.15. The highest BCUT2D eigenvalue weighted by atomic mass is 32.2. The van der Waals surface area contributed by atoms with E-state index in [9.17, 15) is 0 Å². The van der Waals surface area contributed by atoms with Crippen LogP contribution >= 0.6 is 11.8 Å². The van der Waals surface area contributed by atoms with Crippen LogP contribution < -0.4 is 15.4 Å². The van der Waals surface area contributed by atoms with Crippen LogP contribution in [-0.2, 0) is 11.3 Å². The molecule has 0 radical (unpaired) electrons. The van der Waals surface area contributed by atoms with Gasteiger partial charge >= 0.3 is 0 Å². The second-order valence-electron chi connectivity index (χ2n) is 5.82. The molecule has 0 spiro atoms. The van der Waals surface area contributed by atoms with Crippen LogP contribution in [0.1, 0.15) is 26.3 Å². The van der Waals surface area contributed by atoms with E-state index < -0.39 is 0 Å². The molecule has 2 N–H and O–H groups in total. The van der Waals surface area contributed by atoms with E-state index in [4.69, 9.17) is 9.47 Å². The maximum atomic E-state index is 5.65. The fraction of sp³-hybridized carbons (Fsp3) is 0.647. The molecular formula is C17H30N4O2S. The van der Waals surface area contributed by atoms with Crippen LogP contribution in [-0.4, -0.2) is 55.4 Å². The number of guanidine groups is 1. The molecule has 1 aromatic rings. The van der Waals surface area contributed by atoms with Gasteiger partial charge in [-0.25, -0.2) is 9.98 Å². The second kappa shape index (κ2) is 11.1. The van der Waals surface area contributed by atoms with Crippen molar-refractivity contribution in [2.24, 2.45) is 4.99 Å². The summed E-state index contributed by atoms with van der Waals surface area (Å²) in [6.45, 7) is 9.64. The maximum Gasteiger partial charge on any atom is 0.218 e. The summed E-state index contributed by atoms with van der Waals surface area (Å²) in [4.78, 5) is 8.93. The minimum absolute atomic E-state index is 0.152. The summed E-state index contributed by atoms with van der Waals surface area (Å²) in [5.41, 5.74) is 0.954. The zero-order valence-corrected chi connectivity index (χ0v) is 16.2. The van der Waals surface area contributed by atoms with Crippen molar-refractivity contribution in [1.82, 2.24) is 15.6 Å². The number of methoxy groups -OCH3 is 1. The summed E-state index contributed by atoms with van der Waals surface area (Å²) in [5, 5.41) is 6.66. The van der Waals surface area contributed by atoms with Crippen molar-refractivity contribution in [3.63, 3.8) is 0 Å². The molecule has 0 aliphatic heterocycles. The zero-order valence-electron chi connectivity index (χ0n) is 15.4. The molecule has 7 heteroatoms. The normalized spacial score (nSPS) is 12.1. The third kappa shape index (κ3) is 7.88. The van der Waals surface area contributed by atoms with Crippen molar-refractivity contribution in [3.8, 4) is 5.88 Å². The van der Waals surface area contributed by atoms with Crippen LogP contribution in [0.2, 0.25) is 0 Å². The van der Waals surface area contributed by atoms with Crippen LogP contribution in [0.15, 0.2) is 23.3 Å². The van der Waals surface area contributed by atoms with Crippen molar-refractivity contribution in [2.75, 3.05) is 39.7 Å². The highest BCUT2D eigenvalue weighted by molar-refractivity contribution is 7.99. The van der Waals surface area contributed by atoms with Gasteiger partial charge < -0.3 is 20.1 Å². The summed E-state index contributed by atoms with van der Waals surface area (Å²) in [5.74, 6) is 1.41. The third-order valence-corrected chi connectivity index (χ3v) is 4.61.